The standard InChI is InChI=1S/C16H29N3O2/c1-5-17-16(19-13(4)9-8-12(2)3)18-11-14(20)15-7-6-10-21-15/h6-7,10,12-14,20H,5,8-9,11H2,1-4H3,(H2,17,18,19). The van der Waals surface area contributed by atoms with Gasteiger partial charge in [0.2, 0.25) is 0 Å². The Labute approximate surface area is 127 Å². The van der Waals surface area contributed by atoms with E-state index in [0.717, 1.165) is 18.9 Å². The van der Waals surface area contributed by atoms with Crippen molar-refractivity contribution in [2.75, 3.05) is 13.1 Å². The minimum absolute atomic E-state index is 0.278. The molecule has 0 aliphatic carbocycles. The lowest BCUT2D eigenvalue weighted by molar-refractivity contribution is 0.158. The van der Waals surface area contributed by atoms with Crippen LogP contribution in [0, 0.1) is 5.92 Å². The third-order valence-electron chi connectivity index (χ3n) is 3.20. The Morgan fingerprint density at radius 3 is 2.67 bits per heavy atom. The van der Waals surface area contributed by atoms with Gasteiger partial charge >= 0.3 is 0 Å². The minimum atomic E-state index is -0.707. The van der Waals surface area contributed by atoms with Gasteiger partial charge in [-0.05, 0) is 44.7 Å². The molecule has 1 rings (SSSR count). The fraction of sp³-hybridized carbons (Fsp3) is 0.688. The molecule has 0 fully saturated rings. The highest BCUT2D eigenvalue weighted by Crippen LogP contribution is 2.13. The van der Waals surface area contributed by atoms with E-state index in [-0.39, 0.29) is 6.54 Å². The summed E-state index contributed by atoms with van der Waals surface area (Å²) in [5, 5.41) is 16.6. The number of hydrogen-bond donors (Lipinski definition) is 3. The molecule has 2 unspecified atom stereocenters. The normalized spacial score (nSPS) is 15.0. The molecule has 0 aliphatic heterocycles. The predicted molar refractivity (Wildman–Crippen MR) is 86.3 cm³/mol. The highest BCUT2D eigenvalue weighted by Gasteiger charge is 2.11. The number of rotatable bonds is 8. The van der Waals surface area contributed by atoms with Crippen LogP contribution in [0.3, 0.4) is 0 Å². The molecule has 0 saturated carbocycles. The largest absolute Gasteiger partial charge is 0.467 e. The zero-order valence-corrected chi connectivity index (χ0v) is 13.6. The van der Waals surface area contributed by atoms with Crippen LogP contribution < -0.4 is 10.6 Å². The molecule has 0 aromatic carbocycles. The van der Waals surface area contributed by atoms with Crippen LogP contribution in [0.1, 0.15) is 52.4 Å². The second kappa shape index (κ2) is 9.45. The lowest BCUT2D eigenvalue weighted by Crippen LogP contribution is -2.42. The molecule has 0 amide bonds. The predicted octanol–water partition coefficient (Wildman–Crippen LogP) is 2.69. The third kappa shape index (κ3) is 7.18. The number of nitrogens with one attached hydrogen (secondary N) is 2. The summed E-state index contributed by atoms with van der Waals surface area (Å²) in [6, 6.07) is 3.87. The van der Waals surface area contributed by atoms with E-state index in [1.165, 1.54) is 6.42 Å². The van der Waals surface area contributed by atoms with Crippen molar-refractivity contribution in [2.24, 2.45) is 10.9 Å². The second-order valence-corrected chi connectivity index (χ2v) is 5.77. The zero-order valence-electron chi connectivity index (χ0n) is 13.6. The van der Waals surface area contributed by atoms with E-state index in [2.05, 4.69) is 36.4 Å². The quantitative estimate of drug-likeness (QED) is 0.509. The van der Waals surface area contributed by atoms with Crippen LogP contribution in [0.4, 0.5) is 0 Å². The lowest BCUT2D eigenvalue weighted by Gasteiger charge is -2.19. The number of aliphatic hydroxyl groups excluding tert-OH is 1. The molecule has 120 valence electrons. The van der Waals surface area contributed by atoms with E-state index in [0.29, 0.717) is 17.7 Å². The Kier molecular flexibility index (Phi) is 7.90. The summed E-state index contributed by atoms with van der Waals surface area (Å²) >= 11 is 0. The number of furan rings is 1. The van der Waals surface area contributed by atoms with Crippen LogP contribution >= 0.6 is 0 Å². The first-order valence-corrected chi connectivity index (χ1v) is 7.79. The average Bonchev–Trinajstić information content (AvgIpc) is 2.96. The van der Waals surface area contributed by atoms with Gasteiger partial charge in [-0.3, -0.25) is 4.99 Å². The molecule has 1 aromatic rings. The summed E-state index contributed by atoms with van der Waals surface area (Å²) in [5.74, 6) is 1.98. The highest BCUT2D eigenvalue weighted by molar-refractivity contribution is 5.80. The van der Waals surface area contributed by atoms with Gasteiger partial charge in [0.1, 0.15) is 11.9 Å². The van der Waals surface area contributed by atoms with E-state index < -0.39 is 6.10 Å². The Morgan fingerprint density at radius 2 is 2.10 bits per heavy atom. The average molecular weight is 295 g/mol. The van der Waals surface area contributed by atoms with Gasteiger partial charge < -0.3 is 20.2 Å². The Morgan fingerprint density at radius 1 is 1.33 bits per heavy atom. The van der Waals surface area contributed by atoms with Crippen LogP contribution in [0.15, 0.2) is 27.8 Å². The van der Waals surface area contributed by atoms with Crippen LogP contribution in [0.2, 0.25) is 0 Å². The van der Waals surface area contributed by atoms with E-state index >= 15 is 0 Å². The van der Waals surface area contributed by atoms with Gasteiger partial charge in [0.15, 0.2) is 5.96 Å². The van der Waals surface area contributed by atoms with E-state index in [1.807, 2.05) is 6.92 Å². The Hall–Kier alpha value is -1.49. The van der Waals surface area contributed by atoms with Crippen LogP contribution in [-0.4, -0.2) is 30.2 Å². The topological polar surface area (TPSA) is 69.8 Å². The summed E-state index contributed by atoms with van der Waals surface area (Å²) in [5.41, 5.74) is 0. The molecule has 5 nitrogen and oxygen atoms in total. The summed E-state index contributed by atoms with van der Waals surface area (Å²) < 4.78 is 5.17. The van der Waals surface area contributed by atoms with Crippen molar-refractivity contribution in [1.29, 1.82) is 0 Å². The molecule has 0 spiro atoms. The van der Waals surface area contributed by atoms with E-state index in [4.69, 9.17) is 4.42 Å². The number of aliphatic hydroxyl groups is 1. The first-order valence-electron chi connectivity index (χ1n) is 7.79. The van der Waals surface area contributed by atoms with Crippen LogP contribution in [0.5, 0.6) is 0 Å². The van der Waals surface area contributed by atoms with Gasteiger partial charge in [-0.1, -0.05) is 13.8 Å². The zero-order chi connectivity index (χ0) is 15.7. The second-order valence-electron chi connectivity index (χ2n) is 5.77. The van der Waals surface area contributed by atoms with Crippen molar-refractivity contribution in [2.45, 2.75) is 52.7 Å². The SMILES string of the molecule is CCNC(=NCC(O)c1ccco1)NC(C)CCC(C)C. The van der Waals surface area contributed by atoms with E-state index in [9.17, 15) is 5.11 Å². The highest BCUT2D eigenvalue weighted by atomic mass is 16.4. The molecule has 3 N–H and O–H groups in total. The lowest BCUT2D eigenvalue weighted by atomic mass is 10.0. The fourth-order valence-corrected chi connectivity index (χ4v) is 1.96. The first-order chi connectivity index (χ1) is 10.0. The monoisotopic (exact) mass is 295 g/mol. The smallest absolute Gasteiger partial charge is 0.191 e. The van der Waals surface area contributed by atoms with Gasteiger partial charge in [-0.25, -0.2) is 0 Å². The van der Waals surface area contributed by atoms with Gasteiger partial charge in [-0.2, -0.15) is 0 Å². The van der Waals surface area contributed by atoms with Crippen molar-refractivity contribution < 1.29 is 9.52 Å². The molecule has 0 aliphatic rings. The molecule has 1 heterocycles. The molecular weight excluding hydrogens is 266 g/mol. The maximum atomic E-state index is 9.98. The molecular formula is C16H29N3O2. The van der Waals surface area contributed by atoms with Crippen molar-refractivity contribution in [3.05, 3.63) is 24.2 Å². The van der Waals surface area contributed by atoms with Crippen molar-refractivity contribution in [3.63, 3.8) is 0 Å². The van der Waals surface area contributed by atoms with Gasteiger partial charge in [0.05, 0.1) is 12.8 Å². The van der Waals surface area contributed by atoms with Crippen LogP contribution in [-0.2, 0) is 0 Å². The molecule has 21 heavy (non-hydrogen) atoms. The molecule has 0 bridgehead atoms. The summed E-state index contributed by atoms with van der Waals surface area (Å²) in [4.78, 5) is 4.42. The molecule has 0 radical (unpaired) electrons. The van der Waals surface area contributed by atoms with Crippen LogP contribution in [0.25, 0.3) is 0 Å². The van der Waals surface area contributed by atoms with Gasteiger partial charge in [-0.15, -0.1) is 0 Å². The fourth-order valence-electron chi connectivity index (χ4n) is 1.96. The Balaban J connectivity index is 2.49. The van der Waals surface area contributed by atoms with Crippen molar-refractivity contribution in [3.8, 4) is 0 Å². The van der Waals surface area contributed by atoms with Gasteiger partial charge in [0, 0.05) is 12.6 Å². The molecule has 2 atom stereocenters. The summed E-state index contributed by atoms with van der Waals surface area (Å²) in [6.45, 7) is 9.70. The Bertz CT molecular complexity index is 402. The van der Waals surface area contributed by atoms with E-state index in [1.54, 1.807) is 18.4 Å². The number of nitrogens with zero attached hydrogens (tertiary/aromatic N) is 1. The molecule has 0 saturated heterocycles. The number of hydrogen-bond acceptors (Lipinski definition) is 3. The molecule has 1 aromatic heterocycles. The van der Waals surface area contributed by atoms with Crippen molar-refractivity contribution >= 4 is 5.96 Å². The molecule has 5 heteroatoms. The summed E-state index contributed by atoms with van der Waals surface area (Å²) in [6.07, 6.45) is 3.13. The minimum Gasteiger partial charge on any atom is -0.467 e. The summed E-state index contributed by atoms with van der Waals surface area (Å²) in [7, 11) is 0. The van der Waals surface area contributed by atoms with Crippen molar-refractivity contribution in [1.82, 2.24) is 10.6 Å². The van der Waals surface area contributed by atoms with Gasteiger partial charge in [0.25, 0.3) is 0 Å². The first kappa shape index (κ1) is 17.6. The number of guanidine groups is 1. The third-order valence-corrected chi connectivity index (χ3v) is 3.20. The maximum absolute atomic E-state index is 9.98. The maximum Gasteiger partial charge on any atom is 0.191 e. The number of aliphatic imine (C=N–C) groups is 1.